The highest BCUT2D eigenvalue weighted by molar-refractivity contribution is 7.19. The van der Waals surface area contributed by atoms with Gasteiger partial charge < -0.3 is 9.80 Å². The number of fused-ring (bicyclic) bond motifs is 5. The van der Waals surface area contributed by atoms with Crippen molar-refractivity contribution in [2.75, 3.05) is 33.2 Å². The van der Waals surface area contributed by atoms with E-state index in [0.29, 0.717) is 5.92 Å². The van der Waals surface area contributed by atoms with Crippen molar-refractivity contribution in [3.05, 3.63) is 22.6 Å². The summed E-state index contributed by atoms with van der Waals surface area (Å²) in [5, 5.41) is 5.55. The number of hydrogen-bond acceptors (Lipinski definition) is 6. The van der Waals surface area contributed by atoms with Gasteiger partial charge in [0.1, 0.15) is 11.2 Å². The Bertz CT molecular complexity index is 1000. The monoisotopic (exact) mass is 370 g/mol. The normalized spacial score (nSPS) is 21.5. The molecule has 5 rings (SSSR count). The van der Waals surface area contributed by atoms with Crippen LogP contribution in [-0.4, -0.2) is 68.5 Å². The van der Waals surface area contributed by atoms with E-state index in [1.54, 1.807) is 22.2 Å². The van der Waals surface area contributed by atoms with E-state index in [9.17, 15) is 4.79 Å². The van der Waals surface area contributed by atoms with Gasteiger partial charge >= 0.3 is 0 Å². The van der Waals surface area contributed by atoms with Crippen molar-refractivity contribution >= 4 is 33.1 Å². The van der Waals surface area contributed by atoms with E-state index < -0.39 is 0 Å². The summed E-state index contributed by atoms with van der Waals surface area (Å²) < 4.78 is 1.68. The minimum atomic E-state index is -0.0765. The molecule has 0 spiro atoms. The molecular weight excluding hydrogens is 348 g/mol. The molecule has 0 N–H and O–H groups in total. The number of carbonyl (C=O) groups is 1. The average Bonchev–Trinajstić information content (AvgIpc) is 3.22. The topological polar surface area (TPSA) is 66.6 Å². The molecule has 8 heteroatoms. The highest BCUT2D eigenvalue weighted by atomic mass is 32.1. The Morgan fingerprint density at radius 3 is 2.88 bits per heavy atom. The van der Waals surface area contributed by atoms with E-state index in [2.05, 4.69) is 33.9 Å². The first-order valence-corrected chi connectivity index (χ1v) is 10.0. The van der Waals surface area contributed by atoms with Gasteiger partial charge in [0.05, 0.1) is 5.39 Å². The molecule has 26 heavy (non-hydrogen) atoms. The van der Waals surface area contributed by atoms with Crippen molar-refractivity contribution in [2.24, 2.45) is 5.92 Å². The number of carbonyl (C=O) groups excluding carboxylic acids is 1. The fraction of sp³-hybridized carbons (Fsp3) is 0.556. The summed E-state index contributed by atoms with van der Waals surface area (Å²) in [6.07, 6.45) is 5.10. The molecule has 1 amide bonds. The Kier molecular flexibility index (Phi) is 3.72. The van der Waals surface area contributed by atoms with E-state index in [-0.39, 0.29) is 11.7 Å². The summed E-state index contributed by atoms with van der Waals surface area (Å²) >= 11 is 1.77. The Labute approximate surface area is 155 Å². The van der Waals surface area contributed by atoms with Crippen LogP contribution in [0.4, 0.5) is 0 Å². The summed E-state index contributed by atoms with van der Waals surface area (Å²) in [7, 11) is 2.08. The summed E-state index contributed by atoms with van der Waals surface area (Å²) in [5.74, 6) is 0.884. The van der Waals surface area contributed by atoms with Crippen LogP contribution in [0.3, 0.4) is 0 Å². The van der Waals surface area contributed by atoms with Gasteiger partial charge in [-0.3, -0.25) is 4.79 Å². The molecule has 0 saturated carbocycles. The zero-order valence-corrected chi connectivity index (χ0v) is 15.9. The number of likely N-dealkylation sites (N-methyl/N-ethyl adjacent to an activating group) is 1. The van der Waals surface area contributed by atoms with Gasteiger partial charge in [-0.1, -0.05) is 6.92 Å². The first-order chi connectivity index (χ1) is 12.6. The lowest BCUT2D eigenvalue weighted by atomic mass is 9.89. The molecular formula is C18H22N6OS. The maximum Gasteiger partial charge on any atom is 0.293 e. The summed E-state index contributed by atoms with van der Waals surface area (Å²) in [5.41, 5.74) is 2.15. The highest BCUT2D eigenvalue weighted by Crippen LogP contribution is 2.38. The molecule has 7 nitrogen and oxygen atoms in total. The average molecular weight is 370 g/mol. The van der Waals surface area contributed by atoms with Crippen molar-refractivity contribution in [3.8, 4) is 0 Å². The van der Waals surface area contributed by atoms with Crippen LogP contribution in [0.2, 0.25) is 0 Å². The highest BCUT2D eigenvalue weighted by Gasteiger charge is 2.27. The third-order valence-corrected chi connectivity index (χ3v) is 6.81. The summed E-state index contributed by atoms with van der Waals surface area (Å²) in [6, 6.07) is 0. The summed E-state index contributed by atoms with van der Waals surface area (Å²) in [6.45, 7) is 5.53. The zero-order chi connectivity index (χ0) is 17.8. The second-order valence-electron chi connectivity index (χ2n) is 7.58. The second kappa shape index (κ2) is 5.99. The third kappa shape index (κ3) is 2.51. The number of amides is 1. The Morgan fingerprint density at radius 2 is 2.08 bits per heavy atom. The second-order valence-corrected chi connectivity index (χ2v) is 8.66. The summed E-state index contributed by atoms with van der Waals surface area (Å²) in [4.78, 5) is 28.6. The molecule has 1 fully saturated rings. The van der Waals surface area contributed by atoms with E-state index in [0.717, 1.165) is 54.9 Å². The first kappa shape index (κ1) is 16.1. The van der Waals surface area contributed by atoms with E-state index in [1.165, 1.54) is 16.9 Å². The van der Waals surface area contributed by atoms with Gasteiger partial charge in [-0.15, -0.1) is 16.4 Å². The van der Waals surface area contributed by atoms with Crippen LogP contribution >= 0.6 is 11.3 Å². The molecule has 136 valence electrons. The van der Waals surface area contributed by atoms with E-state index >= 15 is 0 Å². The van der Waals surface area contributed by atoms with Crippen molar-refractivity contribution in [3.63, 3.8) is 0 Å². The maximum absolute atomic E-state index is 12.8. The lowest BCUT2D eigenvalue weighted by molar-refractivity contribution is 0.0652. The Hall–Kier alpha value is -2.06. The standard InChI is InChI=1S/C18H22N6OS/c1-11-3-4-13-12(9-11)14-16-20-15(21-24(16)10-19-17(14)26-13)18(25)23-7-5-22(2)6-8-23/h10-11H,3-9H2,1-2H3. The Morgan fingerprint density at radius 1 is 1.27 bits per heavy atom. The number of nitrogens with zero attached hydrogens (tertiary/aromatic N) is 6. The molecule has 0 radical (unpaired) electrons. The molecule has 0 bridgehead atoms. The van der Waals surface area contributed by atoms with E-state index in [4.69, 9.17) is 0 Å². The van der Waals surface area contributed by atoms with Crippen molar-refractivity contribution < 1.29 is 4.79 Å². The molecule has 3 aromatic heterocycles. The molecule has 1 saturated heterocycles. The Balaban J connectivity index is 1.58. The fourth-order valence-corrected chi connectivity index (χ4v) is 5.17. The van der Waals surface area contributed by atoms with Crippen LogP contribution in [0.15, 0.2) is 6.33 Å². The SMILES string of the molecule is CC1CCc2sc3ncn4nc(C(=O)N5CCN(C)CC5)nc4c3c2C1. The number of aryl methyl sites for hydroxylation is 1. The van der Waals surface area contributed by atoms with Gasteiger partial charge in [0.15, 0.2) is 5.65 Å². The van der Waals surface area contributed by atoms with Gasteiger partial charge in [-0.2, -0.15) is 0 Å². The smallest absolute Gasteiger partial charge is 0.293 e. The predicted molar refractivity (Wildman–Crippen MR) is 101 cm³/mol. The fourth-order valence-electron chi connectivity index (χ4n) is 3.99. The van der Waals surface area contributed by atoms with Crippen LogP contribution in [-0.2, 0) is 12.8 Å². The molecule has 1 aliphatic carbocycles. The van der Waals surface area contributed by atoms with Crippen LogP contribution in [0, 0.1) is 5.92 Å². The number of rotatable bonds is 1. The number of thiophene rings is 1. The molecule has 4 heterocycles. The number of aromatic nitrogens is 4. The quantitative estimate of drug-likeness (QED) is 0.654. The van der Waals surface area contributed by atoms with E-state index in [1.807, 2.05) is 4.90 Å². The van der Waals surface area contributed by atoms with Crippen molar-refractivity contribution in [1.29, 1.82) is 0 Å². The third-order valence-electron chi connectivity index (χ3n) is 5.61. The van der Waals surface area contributed by atoms with Crippen LogP contribution < -0.4 is 0 Å². The van der Waals surface area contributed by atoms with Crippen LogP contribution in [0.1, 0.15) is 34.4 Å². The number of hydrogen-bond donors (Lipinski definition) is 0. The molecule has 1 unspecified atom stereocenters. The molecule has 0 aromatic carbocycles. The first-order valence-electron chi connectivity index (χ1n) is 9.23. The lowest BCUT2D eigenvalue weighted by Gasteiger charge is -2.31. The van der Waals surface area contributed by atoms with Gasteiger partial charge in [0, 0.05) is 31.1 Å². The predicted octanol–water partition coefficient (Wildman–Crippen LogP) is 1.85. The van der Waals surface area contributed by atoms with Crippen LogP contribution in [0.5, 0.6) is 0 Å². The maximum atomic E-state index is 12.8. The largest absolute Gasteiger partial charge is 0.333 e. The minimum absolute atomic E-state index is 0.0765. The van der Waals surface area contributed by atoms with Gasteiger partial charge in [-0.05, 0) is 37.8 Å². The van der Waals surface area contributed by atoms with Crippen molar-refractivity contribution in [2.45, 2.75) is 26.2 Å². The van der Waals surface area contributed by atoms with Gasteiger partial charge in [-0.25, -0.2) is 14.5 Å². The lowest BCUT2D eigenvalue weighted by Crippen LogP contribution is -2.47. The van der Waals surface area contributed by atoms with Gasteiger partial charge in [0.25, 0.3) is 5.91 Å². The molecule has 1 atom stereocenters. The zero-order valence-electron chi connectivity index (χ0n) is 15.1. The number of piperazine rings is 1. The van der Waals surface area contributed by atoms with Gasteiger partial charge in [0.2, 0.25) is 5.82 Å². The minimum Gasteiger partial charge on any atom is -0.333 e. The van der Waals surface area contributed by atoms with Crippen molar-refractivity contribution in [1.82, 2.24) is 29.4 Å². The molecule has 2 aliphatic rings. The molecule has 3 aromatic rings. The van der Waals surface area contributed by atoms with Crippen LogP contribution in [0.25, 0.3) is 15.9 Å². The molecule has 1 aliphatic heterocycles.